The lowest BCUT2D eigenvalue weighted by atomic mass is 10.00. The Morgan fingerprint density at radius 1 is 0.969 bits per heavy atom. The molecule has 0 aliphatic carbocycles. The number of hydrogen-bond donors (Lipinski definition) is 3. The van der Waals surface area contributed by atoms with Gasteiger partial charge in [0.15, 0.2) is 0 Å². The molecule has 1 heterocycles. The second kappa shape index (κ2) is 9.49. The van der Waals surface area contributed by atoms with Gasteiger partial charge in [0.2, 0.25) is 5.91 Å². The molecule has 0 atom stereocenters. The van der Waals surface area contributed by atoms with Gasteiger partial charge in [0.05, 0.1) is 11.3 Å². The molecule has 0 aromatic heterocycles. The molecule has 1 aliphatic rings. The van der Waals surface area contributed by atoms with Crippen LogP contribution in [0.2, 0.25) is 0 Å². The summed E-state index contributed by atoms with van der Waals surface area (Å²) in [6.07, 6.45) is 0.734. The van der Waals surface area contributed by atoms with E-state index in [-0.39, 0.29) is 11.8 Å². The average Bonchev–Trinajstić information content (AvgIpc) is 3.14. The summed E-state index contributed by atoms with van der Waals surface area (Å²) in [6, 6.07) is 25.1. The Kier molecular flexibility index (Phi) is 6.33. The summed E-state index contributed by atoms with van der Waals surface area (Å²) < 4.78 is 0. The molecule has 3 aromatic rings. The monoisotopic (exact) mass is 426 g/mol. The van der Waals surface area contributed by atoms with E-state index in [0.717, 1.165) is 40.3 Å². The van der Waals surface area contributed by atoms with E-state index in [0.29, 0.717) is 18.7 Å². The van der Waals surface area contributed by atoms with Crippen LogP contribution in [0.4, 0.5) is 17.1 Å². The summed E-state index contributed by atoms with van der Waals surface area (Å²) in [6.45, 7) is 2.66. The van der Waals surface area contributed by atoms with Crippen molar-refractivity contribution in [1.29, 1.82) is 0 Å². The number of anilines is 3. The molecule has 0 saturated heterocycles. The molecule has 0 fully saturated rings. The van der Waals surface area contributed by atoms with Gasteiger partial charge in [-0.05, 0) is 48.9 Å². The highest BCUT2D eigenvalue weighted by Gasteiger charge is 2.28. The maximum Gasteiger partial charge on any atom is 0.258 e. The number of hydrogen-bond acceptors (Lipinski definition) is 4. The van der Waals surface area contributed by atoms with Gasteiger partial charge in [0, 0.05) is 36.1 Å². The zero-order valence-electron chi connectivity index (χ0n) is 18.0. The van der Waals surface area contributed by atoms with Crippen LogP contribution in [0, 0.1) is 0 Å². The summed E-state index contributed by atoms with van der Waals surface area (Å²) in [5.74, 6) is -0.163. The van der Waals surface area contributed by atoms with Crippen molar-refractivity contribution in [2.24, 2.45) is 5.73 Å². The molecule has 4 rings (SSSR count). The highest BCUT2D eigenvalue weighted by molar-refractivity contribution is 6.37. The lowest BCUT2D eigenvalue weighted by Crippen LogP contribution is -2.30. The Bertz CT molecular complexity index is 1150. The molecule has 162 valence electrons. The molecule has 4 N–H and O–H groups in total. The molecule has 6 heteroatoms. The van der Waals surface area contributed by atoms with Crippen LogP contribution in [-0.4, -0.2) is 24.9 Å². The van der Waals surface area contributed by atoms with E-state index in [1.54, 1.807) is 11.8 Å². The Morgan fingerprint density at radius 2 is 1.66 bits per heavy atom. The van der Waals surface area contributed by atoms with Gasteiger partial charge in [-0.2, -0.15) is 0 Å². The van der Waals surface area contributed by atoms with Crippen LogP contribution in [0.3, 0.4) is 0 Å². The molecule has 3 aromatic carbocycles. The number of nitrogens with two attached hydrogens (primary N) is 1. The van der Waals surface area contributed by atoms with Crippen molar-refractivity contribution in [3.05, 3.63) is 90.0 Å². The predicted octanol–water partition coefficient (Wildman–Crippen LogP) is 4.32. The number of carbonyl (C=O) groups is 2. The Balaban J connectivity index is 1.71. The van der Waals surface area contributed by atoms with Gasteiger partial charge >= 0.3 is 0 Å². The zero-order valence-corrected chi connectivity index (χ0v) is 18.0. The van der Waals surface area contributed by atoms with Gasteiger partial charge in [-0.1, -0.05) is 48.5 Å². The fourth-order valence-electron chi connectivity index (χ4n) is 3.84. The van der Waals surface area contributed by atoms with Crippen molar-refractivity contribution in [3.63, 3.8) is 0 Å². The van der Waals surface area contributed by atoms with Crippen molar-refractivity contribution in [2.75, 3.05) is 28.6 Å². The first-order chi connectivity index (χ1) is 15.6. The third-order valence-electron chi connectivity index (χ3n) is 5.40. The van der Waals surface area contributed by atoms with Crippen LogP contribution < -0.4 is 21.3 Å². The number of nitrogens with one attached hydrogen (secondary N) is 2. The minimum atomic E-state index is -0.140. The average molecular weight is 427 g/mol. The van der Waals surface area contributed by atoms with Crippen LogP contribution in [-0.2, 0) is 9.59 Å². The van der Waals surface area contributed by atoms with Crippen molar-refractivity contribution in [3.8, 4) is 0 Å². The molecule has 0 bridgehead atoms. The number of amides is 2. The number of nitrogens with zero attached hydrogens (tertiary/aromatic N) is 1. The number of fused-ring (bicyclic) bond motifs is 1. The molecule has 32 heavy (non-hydrogen) atoms. The fraction of sp³-hybridized carbons (Fsp3) is 0.154. The van der Waals surface area contributed by atoms with E-state index < -0.39 is 0 Å². The first-order valence-corrected chi connectivity index (χ1v) is 10.6. The van der Waals surface area contributed by atoms with Gasteiger partial charge < -0.3 is 21.3 Å². The van der Waals surface area contributed by atoms with E-state index in [4.69, 9.17) is 5.73 Å². The summed E-state index contributed by atoms with van der Waals surface area (Å²) in [5, 5.41) is 6.39. The van der Waals surface area contributed by atoms with Crippen LogP contribution in [0.1, 0.15) is 24.5 Å². The molecule has 0 unspecified atom stereocenters. The highest BCUT2D eigenvalue weighted by Crippen LogP contribution is 2.37. The zero-order chi connectivity index (χ0) is 22.5. The van der Waals surface area contributed by atoms with Gasteiger partial charge in [-0.25, -0.2) is 0 Å². The number of benzene rings is 3. The van der Waals surface area contributed by atoms with Gasteiger partial charge in [-0.15, -0.1) is 0 Å². The van der Waals surface area contributed by atoms with Crippen LogP contribution in [0.5, 0.6) is 0 Å². The van der Waals surface area contributed by atoms with Crippen LogP contribution >= 0.6 is 0 Å². The van der Waals surface area contributed by atoms with Crippen molar-refractivity contribution in [1.82, 2.24) is 0 Å². The van der Waals surface area contributed by atoms with Crippen LogP contribution in [0.25, 0.3) is 11.3 Å². The standard InChI is InChI=1S/C26H26N4O2/c1-18(31)30(17-7-16-27)21-14-12-20(13-15-21)28-25(19-8-3-2-4-9-19)24-22-10-5-6-11-23(22)29-26(24)32/h2-6,8-15,28H,7,16-17,27H2,1H3,(H,29,32). The Labute approximate surface area is 187 Å². The summed E-state index contributed by atoms with van der Waals surface area (Å²) in [4.78, 5) is 26.7. The summed E-state index contributed by atoms with van der Waals surface area (Å²) >= 11 is 0. The van der Waals surface area contributed by atoms with E-state index in [1.807, 2.05) is 78.9 Å². The van der Waals surface area contributed by atoms with E-state index in [1.165, 1.54) is 0 Å². The predicted molar refractivity (Wildman–Crippen MR) is 130 cm³/mol. The molecular weight excluding hydrogens is 400 g/mol. The third-order valence-corrected chi connectivity index (χ3v) is 5.40. The molecule has 0 radical (unpaired) electrons. The minimum Gasteiger partial charge on any atom is -0.354 e. The molecule has 6 nitrogen and oxygen atoms in total. The second-order valence-corrected chi connectivity index (χ2v) is 7.60. The van der Waals surface area contributed by atoms with E-state index in [2.05, 4.69) is 10.6 Å². The number of carbonyl (C=O) groups excluding carboxylic acids is 2. The Hall–Kier alpha value is -3.90. The maximum absolute atomic E-state index is 12.9. The van der Waals surface area contributed by atoms with Gasteiger partial charge in [-0.3, -0.25) is 9.59 Å². The fourth-order valence-corrected chi connectivity index (χ4v) is 3.84. The van der Waals surface area contributed by atoms with E-state index >= 15 is 0 Å². The highest BCUT2D eigenvalue weighted by atomic mass is 16.2. The molecular formula is C26H26N4O2. The molecule has 1 aliphatic heterocycles. The molecule has 2 amide bonds. The van der Waals surface area contributed by atoms with Crippen molar-refractivity contribution >= 4 is 40.1 Å². The van der Waals surface area contributed by atoms with E-state index in [9.17, 15) is 9.59 Å². The van der Waals surface area contributed by atoms with Crippen molar-refractivity contribution in [2.45, 2.75) is 13.3 Å². The maximum atomic E-state index is 12.9. The van der Waals surface area contributed by atoms with Crippen LogP contribution in [0.15, 0.2) is 78.9 Å². The van der Waals surface area contributed by atoms with Gasteiger partial charge in [0.25, 0.3) is 5.91 Å². The second-order valence-electron chi connectivity index (χ2n) is 7.60. The van der Waals surface area contributed by atoms with Gasteiger partial charge in [0.1, 0.15) is 0 Å². The third kappa shape index (κ3) is 4.40. The molecule has 0 spiro atoms. The lowest BCUT2D eigenvalue weighted by molar-refractivity contribution is -0.116. The summed E-state index contributed by atoms with van der Waals surface area (Å²) in [7, 11) is 0. The number of rotatable bonds is 7. The lowest BCUT2D eigenvalue weighted by Gasteiger charge is -2.21. The van der Waals surface area contributed by atoms with Crippen molar-refractivity contribution < 1.29 is 9.59 Å². The largest absolute Gasteiger partial charge is 0.354 e. The SMILES string of the molecule is CC(=O)N(CCCN)c1ccc(NC(=C2C(=O)Nc3ccccc32)c2ccccc2)cc1. The quantitative estimate of drug-likeness (QED) is 0.491. The normalized spacial score (nSPS) is 13.9. The summed E-state index contributed by atoms with van der Waals surface area (Å²) in [5.41, 5.74) is 11.1. The minimum absolute atomic E-state index is 0.0227. The smallest absolute Gasteiger partial charge is 0.258 e. The topological polar surface area (TPSA) is 87.5 Å². The molecule has 0 saturated carbocycles. The first kappa shape index (κ1) is 21.3. The number of para-hydroxylation sites is 1. The first-order valence-electron chi connectivity index (χ1n) is 10.6. The Morgan fingerprint density at radius 3 is 2.34 bits per heavy atom.